The smallest absolute Gasteiger partial charge is 0.316 e. The molecule has 3 amide bonds. The van der Waals surface area contributed by atoms with Crippen molar-refractivity contribution < 1.29 is 18.8 Å². The number of imide groups is 1. The summed E-state index contributed by atoms with van der Waals surface area (Å²) in [6.45, 7) is 6.57. The number of fused-ring (bicyclic) bond motifs is 1. The number of oxazole rings is 1. The maximum atomic E-state index is 14.1. The van der Waals surface area contributed by atoms with Gasteiger partial charge in [0.1, 0.15) is 11.1 Å². The van der Waals surface area contributed by atoms with Crippen LogP contribution in [0.15, 0.2) is 52.9 Å². The molecule has 1 saturated carbocycles. The molecule has 1 heterocycles. The van der Waals surface area contributed by atoms with Crippen LogP contribution in [-0.4, -0.2) is 39.7 Å². The zero-order chi connectivity index (χ0) is 26.4. The van der Waals surface area contributed by atoms with Crippen molar-refractivity contribution in [3.05, 3.63) is 65.5 Å². The molecule has 37 heavy (non-hydrogen) atoms. The predicted molar refractivity (Wildman–Crippen MR) is 143 cm³/mol. The first kappa shape index (κ1) is 26.6. The Balaban J connectivity index is 1.60. The van der Waals surface area contributed by atoms with Gasteiger partial charge in [0.25, 0.3) is 17.7 Å². The van der Waals surface area contributed by atoms with Crippen LogP contribution in [0, 0.1) is 5.92 Å². The molecule has 3 aromatic rings. The fraction of sp³-hybridized carbons (Fsp3) is 0.467. The van der Waals surface area contributed by atoms with Crippen LogP contribution < -0.4 is 5.32 Å². The van der Waals surface area contributed by atoms with Crippen LogP contribution >= 0.6 is 0 Å². The van der Waals surface area contributed by atoms with E-state index < -0.39 is 11.4 Å². The van der Waals surface area contributed by atoms with Crippen molar-refractivity contribution in [3.8, 4) is 0 Å². The quantitative estimate of drug-likeness (QED) is 0.366. The molecule has 1 fully saturated rings. The Morgan fingerprint density at radius 1 is 1.03 bits per heavy atom. The summed E-state index contributed by atoms with van der Waals surface area (Å²) >= 11 is 0. The molecular weight excluding hydrogens is 466 g/mol. The lowest BCUT2D eigenvalue weighted by molar-refractivity contribution is -0.137. The third-order valence-electron chi connectivity index (χ3n) is 7.03. The third kappa shape index (κ3) is 6.09. The molecule has 1 aliphatic carbocycles. The Kier molecular flexibility index (Phi) is 8.41. The van der Waals surface area contributed by atoms with Crippen LogP contribution in [0.5, 0.6) is 0 Å². The maximum absolute atomic E-state index is 14.1. The lowest BCUT2D eigenvalue weighted by atomic mass is 9.80. The van der Waals surface area contributed by atoms with Gasteiger partial charge in [0.05, 0.1) is 0 Å². The molecule has 196 valence electrons. The summed E-state index contributed by atoms with van der Waals surface area (Å²) in [7, 11) is 0. The van der Waals surface area contributed by atoms with E-state index in [1.165, 1.54) is 10.5 Å². The largest absolute Gasteiger partial charge is 0.432 e. The molecule has 1 aromatic heterocycles. The average Bonchev–Trinajstić information content (AvgIpc) is 3.34. The number of para-hydroxylation sites is 2. The highest BCUT2D eigenvalue weighted by Crippen LogP contribution is 2.31. The van der Waals surface area contributed by atoms with Crippen LogP contribution in [0.4, 0.5) is 0 Å². The van der Waals surface area contributed by atoms with Gasteiger partial charge in [-0.15, -0.1) is 0 Å². The summed E-state index contributed by atoms with van der Waals surface area (Å²) in [6, 6.07) is 14.7. The molecule has 1 aliphatic rings. The van der Waals surface area contributed by atoms with E-state index in [4.69, 9.17) is 4.42 Å². The summed E-state index contributed by atoms with van der Waals surface area (Å²) in [6.07, 6.45) is 5.98. The Bertz CT molecular complexity index is 1210. The van der Waals surface area contributed by atoms with Gasteiger partial charge in [-0.05, 0) is 61.4 Å². The van der Waals surface area contributed by atoms with Gasteiger partial charge in [-0.3, -0.25) is 19.3 Å². The number of amides is 3. The number of aromatic nitrogens is 1. The number of benzene rings is 2. The summed E-state index contributed by atoms with van der Waals surface area (Å²) < 4.78 is 5.71. The number of hydrogen-bond donors (Lipinski definition) is 1. The second kappa shape index (κ2) is 11.7. The van der Waals surface area contributed by atoms with E-state index in [1.807, 2.05) is 43.3 Å². The highest BCUT2D eigenvalue weighted by molar-refractivity contribution is 6.08. The van der Waals surface area contributed by atoms with Crippen molar-refractivity contribution in [2.24, 2.45) is 5.92 Å². The number of carbonyl (C=O) groups is 3. The van der Waals surface area contributed by atoms with Gasteiger partial charge in [0.2, 0.25) is 0 Å². The first-order valence-electron chi connectivity index (χ1n) is 13.5. The van der Waals surface area contributed by atoms with Crippen LogP contribution in [-0.2, 0) is 11.2 Å². The molecule has 0 unspecified atom stereocenters. The van der Waals surface area contributed by atoms with Crippen LogP contribution in [0.25, 0.3) is 11.1 Å². The van der Waals surface area contributed by atoms with Crippen molar-refractivity contribution in [2.75, 3.05) is 6.54 Å². The monoisotopic (exact) mass is 503 g/mol. The highest BCUT2D eigenvalue weighted by Gasteiger charge is 2.45. The van der Waals surface area contributed by atoms with Gasteiger partial charge in [0.15, 0.2) is 5.58 Å². The Morgan fingerprint density at radius 2 is 1.73 bits per heavy atom. The van der Waals surface area contributed by atoms with Gasteiger partial charge >= 0.3 is 5.91 Å². The molecule has 0 radical (unpaired) electrons. The summed E-state index contributed by atoms with van der Waals surface area (Å²) in [5.41, 5.74) is 1.60. The van der Waals surface area contributed by atoms with Gasteiger partial charge in [0, 0.05) is 12.1 Å². The number of rotatable bonds is 9. The molecule has 7 nitrogen and oxygen atoms in total. The number of unbranched alkanes of at least 4 members (excludes halogenated alkanes) is 1. The van der Waals surface area contributed by atoms with Gasteiger partial charge in [-0.2, -0.15) is 0 Å². The van der Waals surface area contributed by atoms with Crippen LogP contribution in [0.1, 0.15) is 92.3 Å². The third-order valence-corrected chi connectivity index (χ3v) is 7.03. The fourth-order valence-electron chi connectivity index (χ4n) is 5.05. The predicted octanol–water partition coefficient (Wildman–Crippen LogP) is 5.93. The van der Waals surface area contributed by atoms with E-state index in [1.54, 1.807) is 12.1 Å². The molecule has 0 saturated heterocycles. The topological polar surface area (TPSA) is 92.5 Å². The van der Waals surface area contributed by atoms with Crippen molar-refractivity contribution in [1.82, 2.24) is 15.2 Å². The van der Waals surface area contributed by atoms with E-state index >= 15 is 0 Å². The van der Waals surface area contributed by atoms with Gasteiger partial charge in [-0.25, -0.2) is 4.98 Å². The van der Waals surface area contributed by atoms with Crippen molar-refractivity contribution in [2.45, 2.75) is 77.7 Å². The molecule has 0 spiro atoms. The van der Waals surface area contributed by atoms with E-state index in [2.05, 4.69) is 24.1 Å². The second-order valence-electron chi connectivity index (χ2n) is 10.5. The van der Waals surface area contributed by atoms with Gasteiger partial charge < -0.3 is 9.73 Å². The normalized spacial score (nSPS) is 15.0. The van der Waals surface area contributed by atoms with Crippen molar-refractivity contribution in [1.29, 1.82) is 0 Å². The van der Waals surface area contributed by atoms with Crippen molar-refractivity contribution in [3.63, 3.8) is 0 Å². The molecule has 0 atom stereocenters. The van der Waals surface area contributed by atoms with E-state index in [0.29, 0.717) is 41.8 Å². The van der Waals surface area contributed by atoms with E-state index in [9.17, 15) is 14.4 Å². The van der Waals surface area contributed by atoms with Crippen LogP contribution in [0.2, 0.25) is 0 Å². The molecule has 7 heteroatoms. The number of nitrogens with one attached hydrogen (secondary N) is 1. The molecule has 0 aliphatic heterocycles. The molecule has 0 bridgehead atoms. The highest BCUT2D eigenvalue weighted by atomic mass is 16.4. The number of nitrogens with zero attached hydrogens (tertiary/aromatic N) is 2. The minimum absolute atomic E-state index is 0.108. The summed E-state index contributed by atoms with van der Waals surface area (Å²) in [4.78, 5) is 46.6. The summed E-state index contributed by atoms with van der Waals surface area (Å²) in [5, 5.41) is 3.07. The Labute approximate surface area is 218 Å². The van der Waals surface area contributed by atoms with Gasteiger partial charge in [-0.1, -0.05) is 70.7 Å². The SMILES string of the molecule is CCCCN(C(=O)c1nc2ccccc2o1)C(=O)C1(NC(=O)c2ccc(CC(C)C)cc2)CCCCC1. The fourth-order valence-corrected chi connectivity index (χ4v) is 5.05. The van der Waals surface area contributed by atoms with Crippen molar-refractivity contribution >= 4 is 28.8 Å². The first-order valence-corrected chi connectivity index (χ1v) is 13.5. The Morgan fingerprint density at radius 3 is 2.38 bits per heavy atom. The second-order valence-corrected chi connectivity index (χ2v) is 10.5. The molecule has 4 rings (SSSR count). The minimum Gasteiger partial charge on any atom is -0.432 e. The van der Waals surface area contributed by atoms with E-state index in [0.717, 1.165) is 32.1 Å². The zero-order valence-electron chi connectivity index (χ0n) is 22.1. The molecule has 1 N–H and O–H groups in total. The average molecular weight is 504 g/mol. The maximum Gasteiger partial charge on any atom is 0.316 e. The van der Waals surface area contributed by atoms with E-state index in [-0.39, 0.29) is 24.2 Å². The zero-order valence-corrected chi connectivity index (χ0v) is 22.1. The van der Waals surface area contributed by atoms with Crippen LogP contribution in [0.3, 0.4) is 0 Å². The standard InChI is InChI=1S/C30H37N3O4/c1-4-5-19-33(28(35)27-31-24-11-7-8-12-25(24)37-27)29(36)30(17-9-6-10-18-30)32-26(34)23-15-13-22(14-16-23)20-21(2)3/h7-8,11-16,21H,4-6,9-10,17-20H2,1-3H3,(H,32,34). The lowest BCUT2D eigenvalue weighted by Gasteiger charge is -2.39. The summed E-state index contributed by atoms with van der Waals surface area (Å²) in [5.74, 6) is -0.819. The number of carbonyl (C=O) groups excluding carboxylic acids is 3. The Hall–Kier alpha value is -3.48. The minimum atomic E-state index is -1.14. The number of hydrogen-bond acceptors (Lipinski definition) is 5. The lowest BCUT2D eigenvalue weighted by Crippen LogP contribution is -2.61. The molecular formula is C30H37N3O4. The first-order chi connectivity index (χ1) is 17.8. The molecule has 2 aromatic carbocycles.